The van der Waals surface area contributed by atoms with E-state index in [-0.39, 0.29) is 5.92 Å². The first-order valence-corrected chi connectivity index (χ1v) is 7.79. The smallest absolute Gasteiger partial charge is 0.198 e. The maximum absolute atomic E-state index is 10.1. The van der Waals surface area contributed by atoms with Crippen molar-refractivity contribution in [3.8, 4) is 6.07 Å². The van der Waals surface area contributed by atoms with Crippen molar-refractivity contribution in [2.75, 3.05) is 0 Å². The number of hydrogen-bond acceptors (Lipinski definition) is 3. The third-order valence-corrected chi connectivity index (χ3v) is 4.42. The lowest BCUT2D eigenvalue weighted by molar-refractivity contribution is -0.0546. The summed E-state index contributed by atoms with van der Waals surface area (Å²) < 4.78 is 6.42. The van der Waals surface area contributed by atoms with Gasteiger partial charge in [0.05, 0.1) is 11.6 Å². The quantitative estimate of drug-likeness (QED) is 0.877. The average Bonchev–Trinajstić information content (AvgIpc) is 2.55. The molecule has 2 aromatic carbocycles. The van der Waals surface area contributed by atoms with Crippen LogP contribution in [-0.2, 0) is 4.74 Å². The van der Waals surface area contributed by atoms with E-state index in [9.17, 15) is 10.4 Å². The van der Waals surface area contributed by atoms with Gasteiger partial charge in [-0.25, -0.2) is 0 Å². The Balaban J connectivity index is 2.15. The molecule has 110 valence electrons. The van der Waals surface area contributed by atoms with Crippen LogP contribution in [0.2, 0.25) is 0 Å². The van der Waals surface area contributed by atoms with Crippen LogP contribution >= 0.6 is 15.9 Å². The molecule has 2 aromatic rings. The Morgan fingerprint density at radius 3 is 2.45 bits per heavy atom. The van der Waals surface area contributed by atoms with Gasteiger partial charge in [0.25, 0.3) is 0 Å². The van der Waals surface area contributed by atoms with Gasteiger partial charge in [0.1, 0.15) is 5.76 Å². The first-order valence-electron chi connectivity index (χ1n) is 6.99. The van der Waals surface area contributed by atoms with Crippen LogP contribution in [0.25, 0.3) is 5.76 Å². The highest BCUT2D eigenvalue weighted by atomic mass is 79.9. The minimum atomic E-state index is -0.926. The molecule has 3 nitrogen and oxygen atoms in total. The van der Waals surface area contributed by atoms with E-state index in [1.54, 1.807) is 0 Å². The molecule has 2 atom stereocenters. The molecular formula is C18H14BrNO2. The van der Waals surface area contributed by atoms with Gasteiger partial charge in [-0.1, -0.05) is 64.5 Å². The van der Waals surface area contributed by atoms with Crippen molar-refractivity contribution in [2.45, 2.75) is 18.6 Å². The van der Waals surface area contributed by atoms with E-state index in [4.69, 9.17) is 4.74 Å². The Morgan fingerprint density at radius 2 is 1.77 bits per heavy atom. The van der Waals surface area contributed by atoms with Crippen LogP contribution in [0.15, 0.2) is 64.6 Å². The molecule has 0 radical (unpaired) electrons. The lowest BCUT2D eigenvalue weighted by Gasteiger charge is -2.29. The zero-order valence-electron chi connectivity index (χ0n) is 11.7. The largest absolute Gasteiger partial charge is 0.463 e. The first kappa shape index (κ1) is 14.8. The van der Waals surface area contributed by atoms with Gasteiger partial charge in [-0.15, -0.1) is 0 Å². The number of aliphatic hydroxyl groups is 1. The minimum Gasteiger partial charge on any atom is -0.463 e. The Labute approximate surface area is 137 Å². The van der Waals surface area contributed by atoms with Gasteiger partial charge in [-0.3, -0.25) is 0 Å². The summed E-state index contributed by atoms with van der Waals surface area (Å²) in [5.74, 6) is 0.277. The fourth-order valence-electron chi connectivity index (χ4n) is 2.70. The number of halogens is 1. The maximum Gasteiger partial charge on any atom is 0.198 e. The molecule has 0 aromatic heterocycles. The van der Waals surface area contributed by atoms with Crippen molar-refractivity contribution < 1.29 is 9.84 Å². The number of nitrogens with zero attached hydrogens (tertiary/aromatic N) is 1. The zero-order chi connectivity index (χ0) is 15.5. The summed E-state index contributed by atoms with van der Waals surface area (Å²) in [5, 5.41) is 19.7. The van der Waals surface area contributed by atoms with Crippen LogP contribution in [0.5, 0.6) is 0 Å². The third kappa shape index (κ3) is 2.78. The highest BCUT2D eigenvalue weighted by Crippen LogP contribution is 2.41. The molecule has 0 saturated carbocycles. The number of ether oxygens (including phenoxy) is 1. The van der Waals surface area contributed by atoms with E-state index >= 15 is 0 Å². The number of rotatable bonds is 2. The zero-order valence-corrected chi connectivity index (χ0v) is 13.3. The van der Waals surface area contributed by atoms with E-state index in [2.05, 4.69) is 22.0 Å². The number of nitriles is 1. The van der Waals surface area contributed by atoms with Crippen LogP contribution in [0.4, 0.5) is 0 Å². The molecule has 0 amide bonds. The van der Waals surface area contributed by atoms with Crippen molar-refractivity contribution in [2.24, 2.45) is 0 Å². The topological polar surface area (TPSA) is 53.2 Å². The molecule has 0 saturated heterocycles. The van der Waals surface area contributed by atoms with Gasteiger partial charge in [-0.2, -0.15) is 5.26 Å². The lowest BCUT2D eigenvalue weighted by atomic mass is 9.85. The second-order valence-corrected chi connectivity index (χ2v) is 5.96. The maximum atomic E-state index is 10.1. The minimum absolute atomic E-state index is 0.169. The van der Waals surface area contributed by atoms with Crippen LogP contribution < -0.4 is 0 Å². The molecule has 0 bridgehead atoms. The SMILES string of the molecule is N#CC1=C(c2ccccc2Br)OC(O)C[C@H]1c1ccccc1. The van der Waals surface area contributed by atoms with E-state index < -0.39 is 6.29 Å². The Morgan fingerprint density at radius 1 is 1.09 bits per heavy atom. The monoisotopic (exact) mass is 355 g/mol. The summed E-state index contributed by atoms with van der Waals surface area (Å²) in [7, 11) is 0. The van der Waals surface area contributed by atoms with Crippen molar-refractivity contribution in [3.05, 3.63) is 75.8 Å². The molecule has 4 heteroatoms. The predicted molar refractivity (Wildman–Crippen MR) is 87.6 cm³/mol. The van der Waals surface area contributed by atoms with Crippen molar-refractivity contribution in [1.82, 2.24) is 0 Å². The Hall–Kier alpha value is -2.09. The number of hydrogen-bond donors (Lipinski definition) is 1. The van der Waals surface area contributed by atoms with Gasteiger partial charge >= 0.3 is 0 Å². The standard InChI is InChI=1S/C18H14BrNO2/c19-16-9-5-4-8-13(16)18-15(11-20)14(10-17(21)22-18)12-6-2-1-3-7-12/h1-9,14,17,21H,10H2/t14-,17?/m0/s1. The number of benzene rings is 2. The van der Waals surface area contributed by atoms with Crippen LogP contribution in [0.3, 0.4) is 0 Å². The third-order valence-electron chi connectivity index (χ3n) is 3.73. The number of aliphatic hydroxyl groups excluding tert-OH is 1. The summed E-state index contributed by atoms with van der Waals surface area (Å²) in [6, 6.07) is 19.6. The molecule has 1 unspecified atom stereocenters. The molecule has 1 aliphatic heterocycles. The van der Waals surface area contributed by atoms with E-state index in [0.717, 1.165) is 15.6 Å². The summed E-state index contributed by atoms with van der Waals surface area (Å²) in [6.45, 7) is 0. The van der Waals surface area contributed by atoms with E-state index in [0.29, 0.717) is 17.8 Å². The molecule has 1 N–H and O–H groups in total. The van der Waals surface area contributed by atoms with E-state index in [1.807, 2.05) is 54.6 Å². The molecule has 22 heavy (non-hydrogen) atoms. The normalized spacial score (nSPS) is 21.1. The molecule has 1 aliphatic rings. The van der Waals surface area contributed by atoms with Crippen molar-refractivity contribution in [3.63, 3.8) is 0 Å². The van der Waals surface area contributed by atoms with Gasteiger partial charge in [-0.05, 0) is 11.6 Å². The summed E-state index contributed by atoms with van der Waals surface area (Å²) in [5.41, 5.74) is 2.33. The highest BCUT2D eigenvalue weighted by Gasteiger charge is 2.32. The van der Waals surface area contributed by atoms with Gasteiger partial charge in [0.2, 0.25) is 0 Å². The second-order valence-electron chi connectivity index (χ2n) is 5.11. The predicted octanol–water partition coefficient (Wildman–Crippen LogP) is 4.21. The summed E-state index contributed by atoms with van der Waals surface area (Å²) >= 11 is 3.48. The van der Waals surface area contributed by atoms with Crippen molar-refractivity contribution >= 4 is 21.7 Å². The van der Waals surface area contributed by atoms with E-state index in [1.165, 1.54) is 0 Å². The Bertz CT molecular complexity index is 749. The van der Waals surface area contributed by atoms with Crippen molar-refractivity contribution in [1.29, 1.82) is 5.26 Å². The van der Waals surface area contributed by atoms with Crippen LogP contribution in [0.1, 0.15) is 23.5 Å². The Kier molecular flexibility index (Phi) is 4.28. The second kappa shape index (κ2) is 6.35. The van der Waals surface area contributed by atoms with Gasteiger partial charge in [0.15, 0.2) is 6.29 Å². The summed E-state index contributed by atoms with van der Waals surface area (Å²) in [4.78, 5) is 0. The molecule has 3 rings (SSSR count). The average molecular weight is 356 g/mol. The fraction of sp³-hybridized carbons (Fsp3) is 0.167. The molecular weight excluding hydrogens is 342 g/mol. The van der Waals surface area contributed by atoms with Gasteiger partial charge < -0.3 is 9.84 Å². The lowest BCUT2D eigenvalue weighted by Crippen LogP contribution is -2.23. The first-order chi connectivity index (χ1) is 10.7. The van der Waals surface area contributed by atoms with Crippen LogP contribution in [0, 0.1) is 11.3 Å². The molecule has 0 aliphatic carbocycles. The highest BCUT2D eigenvalue weighted by molar-refractivity contribution is 9.10. The summed E-state index contributed by atoms with van der Waals surface area (Å²) in [6.07, 6.45) is -0.551. The van der Waals surface area contributed by atoms with Crippen LogP contribution in [-0.4, -0.2) is 11.4 Å². The number of allylic oxidation sites excluding steroid dienone is 1. The molecule has 1 heterocycles. The van der Waals surface area contributed by atoms with Gasteiger partial charge in [0, 0.05) is 22.4 Å². The molecule has 0 fully saturated rings. The fourth-order valence-corrected chi connectivity index (χ4v) is 3.16. The molecule has 0 spiro atoms.